The molecule has 3 N–H and O–H groups in total. The van der Waals surface area contributed by atoms with E-state index in [-0.39, 0.29) is 17.8 Å². The van der Waals surface area contributed by atoms with Crippen molar-refractivity contribution in [2.45, 2.75) is 38.1 Å². The van der Waals surface area contributed by atoms with Gasteiger partial charge >= 0.3 is 11.9 Å². The predicted molar refractivity (Wildman–Crippen MR) is 64.7 cm³/mol. The standard InChI is InChI=1S/C12H17N3O3/c16-11(10-7-4-8-18-10)14-15-12(17)13-9-5-2-1-3-6-9/h4,7-9H,1-3,5-6H2,(H,14,16)(H2,13,15,17). The predicted octanol–water partition coefficient (Wildman–Crippen LogP) is 1.56. The monoisotopic (exact) mass is 251 g/mol. The van der Waals surface area contributed by atoms with E-state index in [0.717, 1.165) is 25.7 Å². The maximum Gasteiger partial charge on any atom is 0.333 e. The van der Waals surface area contributed by atoms with Gasteiger partial charge in [-0.1, -0.05) is 19.3 Å². The summed E-state index contributed by atoms with van der Waals surface area (Å²) in [6, 6.07) is 2.95. The summed E-state index contributed by atoms with van der Waals surface area (Å²) in [4.78, 5) is 23.0. The highest BCUT2D eigenvalue weighted by atomic mass is 16.3. The zero-order valence-electron chi connectivity index (χ0n) is 10.1. The van der Waals surface area contributed by atoms with Gasteiger partial charge in [0.2, 0.25) is 0 Å². The van der Waals surface area contributed by atoms with E-state index in [2.05, 4.69) is 16.2 Å². The lowest BCUT2D eigenvalue weighted by atomic mass is 9.96. The number of carbonyl (C=O) groups is 2. The minimum absolute atomic E-state index is 0.160. The van der Waals surface area contributed by atoms with Crippen LogP contribution in [0, 0.1) is 0 Å². The second kappa shape index (κ2) is 6.09. The number of hydrogen-bond donors (Lipinski definition) is 3. The Hall–Kier alpha value is -1.98. The molecule has 0 spiro atoms. The highest BCUT2D eigenvalue weighted by Gasteiger charge is 2.16. The highest BCUT2D eigenvalue weighted by molar-refractivity contribution is 5.92. The average Bonchev–Trinajstić information content (AvgIpc) is 2.91. The Kier molecular flexibility index (Phi) is 4.22. The van der Waals surface area contributed by atoms with Gasteiger partial charge < -0.3 is 9.73 Å². The van der Waals surface area contributed by atoms with E-state index in [0.29, 0.717) is 0 Å². The molecule has 3 amide bonds. The number of amides is 3. The van der Waals surface area contributed by atoms with Crippen molar-refractivity contribution in [1.82, 2.24) is 16.2 Å². The maximum atomic E-state index is 11.5. The van der Waals surface area contributed by atoms with Crippen LogP contribution in [0.2, 0.25) is 0 Å². The molecule has 6 heteroatoms. The molecule has 98 valence electrons. The molecule has 0 aliphatic heterocycles. The molecule has 1 aliphatic rings. The fraction of sp³-hybridized carbons (Fsp3) is 0.500. The number of urea groups is 1. The number of hydrogen-bond acceptors (Lipinski definition) is 3. The van der Waals surface area contributed by atoms with Crippen LogP contribution in [-0.4, -0.2) is 18.0 Å². The fourth-order valence-corrected chi connectivity index (χ4v) is 2.05. The first-order chi connectivity index (χ1) is 8.75. The van der Waals surface area contributed by atoms with Crippen LogP contribution in [0.25, 0.3) is 0 Å². The number of rotatable bonds is 2. The molecule has 0 unspecified atom stereocenters. The van der Waals surface area contributed by atoms with Crippen molar-refractivity contribution in [3.63, 3.8) is 0 Å². The molecular formula is C12H17N3O3. The Morgan fingerprint density at radius 2 is 1.94 bits per heavy atom. The van der Waals surface area contributed by atoms with E-state index < -0.39 is 5.91 Å². The van der Waals surface area contributed by atoms with Crippen molar-refractivity contribution >= 4 is 11.9 Å². The molecule has 1 aliphatic carbocycles. The van der Waals surface area contributed by atoms with Crippen LogP contribution < -0.4 is 16.2 Å². The van der Waals surface area contributed by atoms with E-state index in [1.807, 2.05) is 0 Å². The number of furan rings is 1. The summed E-state index contributed by atoms with van der Waals surface area (Å²) in [5.41, 5.74) is 4.59. The quantitative estimate of drug-likeness (QED) is 0.697. The van der Waals surface area contributed by atoms with Gasteiger partial charge in [0, 0.05) is 6.04 Å². The Balaban J connectivity index is 1.69. The van der Waals surface area contributed by atoms with E-state index in [4.69, 9.17) is 4.42 Å². The number of nitrogens with one attached hydrogen (secondary N) is 3. The van der Waals surface area contributed by atoms with Gasteiger partial charge in [-0.3, -0.25) is 10.2 Å². The van der Waals surface area contributed by atoms with E-state index in [9.17, 15) is 9.59 Å². The van der Waals surface area contributed by atoms with Gasteiger partial charge in [0.25, 0.3) is 0 Å². The van der Waals surface area contributed by atoms with Crippen LogP contribution in [0.5, 0.6) is 0 Å². The van der Waals surface area contributed by atoms with Gasteiger partial charge in [-0.05, 0) is 25.0 Å². The molecule has 1 saturated carbocycles. The van der Waals surface area contributed by atoms with E-state index >= 15 is 0 Å². The van der Waals surface area contributed by atoms with Crippen LogP contribution >= 0.6 is 0 Å². The van der Waals surface area contributed by atoms with Gasteiger partial charge in [-0.15, -0.1) is 0 Å². The molecule has 0 atom stereocenters. The lowest BCUT2D eigenvalue weighted by Crippen LogP contribution is -2.50. The SMILES string of the molecule is O=C(NNC(=O)c1ccco1)NC1CCCCC1. The maximum absolute atomic E-state index is 11.5. The van der Waals surface area contributed by atoms with Gasteiger partial charge in [-0.25, -0.2) is 10.2 Å². The second-order valence-electron chi connectivity index (χ2n) is 4.36. The zero-order chi connectivity index (χ0) is 12.8. The number of hydrazine groups is 1. The normalized spacial score (nSPS) is 16.0. The van der Waals surface area contributed by atoms with Gasteiger partial charge in [-0.2, -0.15) is 0 Å². The van der Waals surface area contributed by atoms with E-state index in [1.165, 1.54) is 18.8 Å². The first-order valence-electron chi connectivity index (χ1n) is 6.16. The van der Waals surface area contributed by atoms with Gasteiger partial charge in [0.05, 0.1) is 6.26 Å². The molecule has 6 nitrogen and oxygen atoms in total. The summed E-state index contributed by atoms with van der Waals surface area (Å²) >= 11 is 0. The van der Waals surface area contributed by atoms with E-state index in [1.54, 1.807) is 6.07 Å². The minimum Gasteiger partial charge on any atom is -0.459 e. The Morgan fingerprint density at radius 3 is 2.61 bits per heavy atom. The lowest BCUT2D eigenvalue weighted by molar-refractivity contribution is 0.0907. The Morgan fingerprint density at radius 1 is 1.17 bits per heavy atom. The summed E-state index contributed by atoms with van der Waals surface area (Å²) in [7, 11) is 0. The molecule has 1 heterocycles. The molecule has 0 bridgehead atoms. The minimum atomic E-state index is -0.473. The van der Waals surface area contributed by atoms with Crippen molar-refractivity contribution in [3.05, 3.63) is 24.2 Å². The Labute approximate surface area is 105 Å². The average molecular weight is 251 g/mol. The molecule has 1 aromatic heterocycles. The van der Waals surface area contributed by atoms with Crippen LogP contribution in [0.15, 0.2) is 22.8 Å². The second-order valence-corrected chi connectivity index (χ2v) is 4.36. The summed E-state index contributed by atoms with van der Waals surface area (Å²) in [6.45, 7) is 0. The van der Waals surface area contributed by atoms with Crippen molar-refractivity contribution in [3.8, 4) is 0 Å². The topological polar surface area (TPSA) is 83.4 Å². The number of carbonyl (C=O) groups excluding carboxylic acids is 2. The fourth-order valence-electron chi connectivity index (χ4n) is 2.05. The summed E-state index contributed by atoms with van der Waals surface area (Å²) in [6.07, 6.45) is 6.92. The molecule has 1 aromatic rings. The van der Waals surface area contributed by atoms with Crippen molar-refractivity contribution in [1.29, 1.82) is 0 Å². The van der Waals surface area contributed by atoms with Crippen LogP contribution in [0.4, 0.5) is 4.79 Å². The smallest absolute Gasteiger partial charge is 0.333 e. The molecule has 0 saturated heterocycles. The molecule has 0 radical (unpaired) electrons. The van der Waals surface area contributed by atoms with Crippen molar-refractivity contribution in [2.24, 2.45) is 0 Å². The van der Waals surface area contributed by atoms with Crippen molar-refractivity contribution in [2.75, 3.05) is 0 Å². The third kappa shape index (κ3) is 3.51. The molecule has 1 fully saturated rings. The van der Waals surface area contributed by atoms with Gasteiger partial charge in [0.1, 0.15) is 0 Å². The third-order valence-corrected chi connectivity index (χ3v) is 2.97. The third-order valence-electron chi connectivity index (χ3n) is 2.97. The molecular weight excluding hydrogens is 234 g/mol. The largest absolute Gasteiger partial charge is 0.459 e. The van der Waals surface area contributed by atoms with Crippen molar-refractivity contribution < 1.29 is 14.0 Å². The first kappa shape index (κ1) is 12.5. The van der Waals surface area contributed by atoms with Gasteiger partial charge in [0.15, 0.2) is 5.76 Å². The Bertz CT molecular complexity index is 397. The summed E-state index contributed by atoms with van der Waals surface area (Å²) < 4.78 is 4.89. The van der Waals surface area contributed by atoms with Crippen LogP contribution in [0.3, 0.4) is 0 Å². The lowest BCUT2D eigenvalue weighted by Gasteiger charge is -2.22. The summed E-state index contributed by atoms with van der Waals surface area (Å²) in [5.74, 6) is -0.313. The molecule has 18 heavy (non-hydrogen) atoms. The summed E-state index contributed by atoms with van der Waals surface area (Å²) in [5, 5.41) is 2.82. The zero-order valence-corrected chi connectivity index (χ0v) is 10.1. The first-order valence-corrected chi connectivity index (χ1v) is 6.16. The van der Waals surface area contributed by atoms with Crippen LogP contribution in [-0.2, 0) is 0 Å². The van der Waals surface area contributed by atoms with Crippen LogP contribution in [0.1, 0.15) is 42.7 Å². The molecule has 0 aromatic carbocycles. The highest BCUT2D eigenvalue weighted by Crippen LogP contribution is 2.16. The molecule has 2 rings (SSSR count).